The van der Waals surface area contributed by atoms with Crippen LogP contribution in [-0.4, -0.2) is 22.0 Å². The van der Waals surface area contributed by atoms with Crippen LogP contribution in [0.5, 0.6) is 0 Å². The van der Waals surface area contributed by atoms with E-state index in [1.54, 1.807) is 0 Å². The number of anilines is 1. The van der Waals surface area contributed by atoms with Gasteiger partial charge in [-0.2, -0.15) is 0 Å². The molecule has 0 atom stereocenters. The summed E-state index contributed by atoms with van der Waals surface area (Å²) in [5.74, 6) is 1.65. The van der Waals surface area contributed by atoms with Crippen LogP contribution in [-0.2, 0) is 6.54 Å². The summed E-state index contributed by atoms with van der Waals surface area (Å²) in [4.78, 5) is 15.9. The zero-order chi connectivity index (χ0) is 20.2. The Morgan fingerprint density at radius 3 is 2.24 bits per heavy atom. The van der Waals surface area contributed by atoms with E-state index >= 15 is 0 Å². The lowest BCUT2D eigenvalue weighted by molar-refractivity contribution is 0.880. The molecule has 4 nitrogen and oxygen atoms in total. The van der Waals surface area contributed by atoms with Gasteiger partial charge in [0.25, 0.3) is 0 Å². The lowest BCUT2D eigenvalue weighted by Crippen LogP contribution is -2.18. The molecule has 29 heavy (non-hydrogen) atoms. The van der Waals surface area contributed by atoms with E-state index in [-0.39, 0.29) is 0 Å². The average molecular weight is 380 g/mol. The Hall–Kier alpha value is -3.53. The van der Waals surface area contributed by atoms with E-state index < -0.39 is 0 Å². The molecule has 0 unspecified atom stereocenters. The highest BCUT2D eigenvalue weighted by molar-refractivity contribution is 5.71. The molecule has 0 saturated heterocycles. The normalized spacial score (nSPS) is 10.7. The standard InChI is InChI=1S/C25H24N4/c1-18-9-11-21(12-10-18)22-13-23(16-26-15-22)24-14-25(28-19(2)27-24)29(3)17-20-7-5-4-6-8-20/h4-16H,17H2,1-3H3. The van der Waals surface area contributed by atoms with Crippen molar-refractivity contribution in [3.63, 3.8) is 0 Å². The van der Waals surface area contributed by atoms with E-state index in [0.29, 0.717) is 0 Å². The number of rotatable bonds is 5. The SMILES string of the molecule is Cc1ccc(-c2cncc(-c3cc(N(C)Cc4ccccc4)nc(C)n3)c2)cc1. The first kappa shape index (κ1) is 18.8. The molecule has 0 radical (unpaired) electrons. The summed E-state index contributed by atoms with van der Waals surface area (Å²) < 4.78 is 0. The molecule has 0 aliphatic rings. The highest BCUT2D eigenvalue weighted by Crippen LogP contribution is 2.26. The van der Waals surface area contributed by atoms with Gasteiger partial charge in [-0.3, -0.25) is 4.98 Å². The number of aryl methyl sites for hydroxylation is 2. The van der Waals surface area contributed by atoms with Crippen LogP contribution in [0, 0.1) is 13.8 Å². The van der Waals surface area contributed by atoms with Crippen molar-refractivity contribution in [3.8, 4) is 22.4 Å². The van der Waals surface area contributed by atoms with Crippen molar-refractivity contribution in [2.75, 3.05) is 11.9 Å². The Labute approximate surface area is 171 Å². The van der Waals surface area contributed by atoms with Gasteiger partial charge in [0.05, 0.1) is 5.69 Å². The summed E-state index contributed by atoms with van der Waals surface area (Å²) in [6.07, 6.45) is 3.76. The number of hydrogen-bond acceptors (Lipinski definition) is 4. The van der Waals surface area contributed by atoms with Crippen LogP contribution in [0.2, 0.25) is 0 Å². The Bertz CT molecular complexity index is 1110. The minimum atomic E-state index is 0.748. The minimum Gasteiger partial charge on any atom is -0.355 e. The third-order valence-corrected chi connectivity index (χ3v) is 4.90. The molecular formula is C25H24N4. The molecule has 0 spiro atoms. The molecule has 2 aromatic heterocycles. The van der Waals surface area contributed by atoms with Crippen LogP contribution in [0.1, 0.15) is 17.0 Å². The number of nitrogens with zero attached hydrogens (tertiary/aromatic N) is 4. The zero-order valence-electron chi connectivity index (χ0n) is 17.0. The molecule has 4 rings (SSSR count). The summed E-state index contributed by atoms with van der Waals surface area (Å²) in [7, 11) is 2.06. The third kappa shape index (κ3) is 4.49. The van der Waals surface area contributed by atoms with Crippen molar-refractivity contribution in [2.45, 2.75) is 20.4 Å². The average Bonchev–Trinajstić information content (AvgIpc) is 2.74. The monoisotopic (exact) mass is 380 g/mol. The number of pyridine rings is 1. The van der Waals surface area contributed by atoms with Gasteiger partial charge >= 0.3 is 0 Å². The molecular weight excluding hydrogens is 356 g/mol. The maximum absolute atomic E-state index is 4.66. The van der Waals surface area contributed by atoms with Gasteiger partial charge < -0.3 is 4.90 Å². The lowest BCUT2D eigenvalue weighted by Gasteiger charge is -2.19. The molecule has 2 aromatic carbocycles. The maximum atomic E-state index is 4.66. The number of benzene rings is 2. The van der Waals surface area contributed by atoms with E-state index in [9.17, 15) is 0 Å². The van der Waals surface area contributed by atoms with Crippen molar-refractivity contribution >= 4 is 5.82 Å². The molecule has 4 heteroatoms. The van der Waals surface area contributed by atoms with E-state index in [1.165, 1.54) is 11.1 Å². The van der Waals surface area contributed by atoms with Crippen LogP contribution in [0.15, 0.2) is 79.1 Å². The van der Waals surface area contributed by atoms with Crippen molar-refractivity contribution < 1.29 is 0 Å². The predicted molar refractivity (Wildman–Crippen MR) is 119 cm³/mol. The van der Waals surface area contributed by atoms with Gasteiger partial charge in [-0.15, -0.1) is 0 Å². The van der Waals surface area contributed by atoms with E-state index in [2.05, 4.69) is 88.4 Å². The van der Waals surface area contributed by atoms with Crippen LogP contribution >= 0.6 is 0 Å². The fourth-order valence-corrected chi connectivity index (χ4v) is 3.32. The van der Waals surface area contributed by atoms with Crippen molar-refractivity contribution in [1.29, 1.82) is 0 Å². The molecule has 0 bridgehead atoms. The van der Waals surface area contributed by atoms with Gasteiger partial charge in [-0.25, -0.2) is 9.97 Å². The molecule has 4 aromatic rings. The molecule has 0 N–H and O–H groups in total. The second kappa shape index (κ2) is 8.23. The number of aromatic nitrogens is 3. The van der Waals surface area contributed by atoms with E-state index in [1.807, 2.05) is 31.5 Å². The highest BCUT2D eigenvalue weighted by Gasteiger charge is 2.10. The molecule has 0 fully saturated rings. The third-order valence-electron chi connectivity index (χ3n) is 4.90. The fraction of sp³-hybridized carbons (Fsp3) is 0.160. The first-order valence-electron chi connectivity index (χ1n) is 9.72. The zero-order valence-corrected chi connectivity index (χ0v) is 17.0. The molecule has 0 amide bonds. The quantitative estimate of drug-likeness (QED) is 0.461. The predicted octanol–water partition coefficient (Wildman–Crippen LogP) is 5.46. The molecule has 144 valence electrons. The largest absolute Gasteiger partial charge is 0.355 e. The molecule has 0 aliphatic carbocycles. The van der Waals surface area contributed by atoms with Gasteiger partial charge in [0.2, 0.25) is 0 Å². The molecule has 0 saturated carbocycles. The molecule has 0 aliphatic heterocycles. The topological polar surface area (TPSA) is 41.9 Å². The van der Waals surface area contributed by atoms with Gasteiger partial charge in [0.1, 0.15) is 11.6 Å². The van der Waals surface area contributed by atoms with Crippen LogP contribution < -0.4 is 4.90 Å². The Kier molecular flexibility index (Phi) is 5.34. The Morgan fingerprint density at radius 2 is 1.48 bits per heavy atom. The van der Waals surface area contributed by atoms with Gasteiger partial charge in [-0.1, -0.05) is 60.2 Å². The summed E-state index contributed by atoms with van der Waals surface area (Å²) in [5, 5.41) is 0. The maximum Gasteiger partial charge on any atom is 0.132 e. The Balaban J connectivity index is 1.65. The summed E-state index contributed by atoms with van der Waals surface area (Å²) in [5.41, 5.74) is 6.60. The van der Waals surface area contributed by atoms with Crippen molar-refractivity contribution in [1.82, 2.24) is 15.0 Å². The van der Waals surface area contributed by atoms with E-state index in [4.69, 9.17) is 0 Å². The number of hydrogen-bond donors (Lipinski definition) is 0. The van der Waals surface area contributed by atoms with Gasteiger partial charge in [0, 0.05) is 43.2 Å². The van der Waals surface area contributed by atoms with Crippen LogP contribution in [0.25, 0.3) is 22.4 Å². The first-order valence-corrected chi connectivity index (χ1v) is 9.72. The molecule has 2 heterocycles. The van der Waals surface area contributed by atoms with Crippen molar-refractivity contribution in [3.05, 3.63) is 96.1 Å². The minimum absolute atomic E-state index is 0.748. The summed E-state index contributed by atoms with van der Waals surface area (Å²) >= 11 is 0. The fourth-order valence-electron chi connectivity index (χ4n) is 3.32. The van der Waals surface area contributed by atoms with Crippen LogP contribution in [0.4, 0.5) is 5.82 Å². The second-order valence-corrected chi connectivity index (χ2v) is 7.33. The highest BCUT2D eigenvalue weighted by atomic mass is 15.2. The second-order valence-electron chi connectivity index (χ2n) is 7.33. The van der Waals surface area contributed by atoms with Gasteiger partial charge in [-0.05, 0) is 31.0 Å². The first-order chi connectivity index (χ1) is 14.1. The Morgan fingerprint density at radius 1 is 0.759 bits per heavy atom. The smallest absolute Gasteiger partial charge is 0.132 e. The van der Waals surface area contributed by atoms with Gasteiger partial charge in [0.15, 0.2) is 0 Å². The van der Waals surface area contributed by atoms with Crippen molar-refractivity contribution in [2.24, 2.45) is 0 Å². The van der Waals surface area contributed by atoms with E-state index in [0.717, 1.165) is 40.6 Å². The summed E-state index contributed by atoms with van der Waals surface area (Å²) in [6.45, 7) is 4.81. The lowest BCUT2D eigenvalue weighted by atomic mass is 10.0. The summed E-state index contributed by atoms with van der Waals surface area (Å²) in [6, 6.07) is 23.1. The van der Waals surface area contributed by atoms with Crippen LogP contribution in [0.3, 0.4) is 0 Å².